The van der Waals surface area contributed by atoms with Crippen molar-refractivity contribution in [2.75, 3.05) is 6.54 Å². The van der Waals surface area contributed by atoms with Crippen LogP contribution in [0.3, 0.4) is 0 Å². The SMILES string of the molecule is CC(C)C(=O)N1CCCC[C@@H]1C(=O)N=c1sc2ccccc2n1C. The summed E-state index contributed by atoms with van der Waals surface area (Å²) in [6, 6.07) is 7.58. The molecule has 0 bridgehead atoms. The molecule has 3 rings (SSSR count). The maximum atomic E-state index is 12.8. The molecule has 0 aliphatic carbocycles. The summed E-state index contributed by atoms with van der Waals surface area (Å²) < 4.78 is 3.04. The van der Waals surface area contributed by atoms with Crippen LogP contribution in [0.15, 0.2) is 29.3 Å². The third kappa shape index (κ3) is 3.15. The Hall–Kier alpha value is -1.95. The summed E-state index contributed by atoms with van der Waals surface area (Å²) in [5.41, 5.74) is 1.06. The Balaban J connectivity index is 1.94. The summed E-state index contributed by atoms with van der Waals surface area (Å²) >= 11 is 1.50. The van der Waals surface area contributed by atoms with E-state index in [4.69, 9.17) is 0 Å². The monoisotopic (exact) mass is 345 g/mol. The number of carbonyl (C=O) groups excluding carboxylic acids is 2. The van der Waals surface area contributed by atoms with Gasteiger partial charge in [-0.25, -0.2) is 0 Å². The summed E-state index contributed by atoms with van der Waals surface area (Å²) in [6.07, 6.45) is 2.63. The quantitative estimate of drug-likeness (QED) is 0.840. The van der Waals surface area contributed by atoms with E-state index in [-0.39, 0.29) is 17.7 Å². The second kappa shape index (κ2) is 6.89. The number of thiazole rings is 1. The van der Waals surface area contributed by atoms with Gasteiger partial charge in [-0.2, -0.15) is 4.99 Å². The van der Waals surface area contributed by atoms with E-state index in [1.165, 1.54) is 11.3 Å². The summed E-state index contributed by atoms with van der Waals surface area (Å²) in [5.74, 6) is -0.256. The summed E-state index contributed by atoms with van der Waals surface area (Å²) in [4.78, 5) is 31.9. The lowest BCUT2D eigenvalue weighted by molar-refractivity contribution is -0.143. The van der Waals surface area contributed by atoms with E-state index in [9.17, 15) is 9.59 Å². The fourth-order valence-electron chi connectivity index (χ4n) is 3.14. The highest BCUT2D eigenvalue weighted by Gasteiger charge is 2.33. The molecule has 1 saturated heterocycles. The molecule has 1 aromatic carbocycles. The number of rotatable bonds is 2. The molecular formula is C18H23N3O2S. The molecule has 1 aliphatic rings. The number of para-hydroxylation sites is 1. The Morgan fingerprint density at radius 3 is 2.71 bits per heavy atom. The average Bonchev–Trinajstić information content (AvgIpc) is 2.90. The summed E-state index contributed by atoms with van der Waals surface area (Å²) in [5, 5.41) is 0. The standard InChI is InChI=1S/C18H23N3O2S/c1-12(2)17(23)21-11-7-6-9-14(21)16(22)19-18-20(3)13-8-4-5-10-15(13)24-18/h4-5,8,10,12,14H,6-7,9,11H2,1-3H3/t14-/m1/s1. The van der Waals surface area contributed by atoms with Crippen LogP contribution in [-0.4, -0.2) is 33.9 Å². The van der Waals surface area contributed by atoms with Gasteiger partial charge in [-0.3, -0.25) is 9.59 Å². The minimum absolute atomic E-state index is 0.0453. The van der Waals surface area contributed by atoms with Crippen LogP contribution in [0.1, 0.15) is 33.1 Å². The molecular weight excluding hydrogens is 322 g/mol. The zero-order valence-corrected chi connectivity index (χ0v) is 15.2. The van der Waals surface area contributed by atoms with Gasteiger partial charge in [0.2, 0.25) is 5.91 Å². The number of aryl methyl sites for hydroxylation is 1. The summed E-state index contributed by atoms with van der Waals surface area (Å²) in [7, 11) is 1.92. The molecule has 2 heterocycles. The molecule has 0 spiro atoms. The lowest BCUT2D eigenvalue weighted by atomic mass is 9.99. The normalized spacial score (nSPS) is 19.2. The number of likely N-dealkylation sites (tertiary alicyclic amines) is 1. The third-order valence-electron chi connectivity index (χ3n) is 4.49. The smallest absolute Gasteiger partial charge is 0.271 e. The number of aromatic nitrogens is 1. The molecule has 5 nitrogen and oxygen atoms in total. The second-order valence-corrected chi connectivity index (χ2v) is 7.57. The van der Waals surface area contributed by atoms with Gasteiger partial charge in [-0.1, -0.05) is 37.3 Å². The number of benzene rings is 1. The molecule has 0 unspecified atom stereocenters. The van der Waals surface area contributed by atoms with Gasteiger partial charge in [0.05, 0.1) is 10.2 Å². The number of carbonyl (C=O) groups is 2. The Kier molecular flexibility index (Phi) is 4.85. The maximum Gasteiger partial charge on any atom is 0.271 e. The highest BCUT2D eigenvalue weighted by molar-refractivity contribution is 7.16. The van der Waals surface area contributed by atoms with Crippen molar-refractivity contribution in [3.05, 3.63) is 29.1 Å². The highest BCUT2D eigenvalue weighted by Crippen LogP contribution is 2.21. The molecule has 1 aliphatic heterocycles. The molecule has 1 atom stereocenters. The van der Waals surface area contributed by atoms with Crippen molar-refractivity contribution in [3.8, 4) is 0 Å². The molecule has 1 fully saturated rings. The Morgan fingerprint density at radius 2 is 2.00 bits per heavy atom. The number of piperidine rings is 1. The van der Waals surface area contributed by atoms with Crippen LogP contribution in [0.25, 0.3) is 10.2 Å². The number of hydrogen-bond donors (Lipinski definition) is 0. The van der Waals surface area contributed by atoms with E-state index in [0.717, 1.165) is 23.1 Å². The predicted octanol–water partition coefficient (Wildman–Crippen LogP) is 2.70. The molecule has 24 heavy (non-hydrogen) atoms. The first kappa shape index (κ1) is 16.9. The van der Waals surface area contributed by atoms with Gasteiger partial charge in [0.1, 0.15) is 6.04 Å². The van der Waals surface area contributed by atoms with Gasteiger partial charge in [-0.15, -0.1) is 0 Å². The van der Waals surface area contributed by atoms with E-state index in [0.29, 0.717) is 17.8 Å². The van der Waals surface area contributed by atoms with Crippen molar-refractivity contribution in [2.45, 2.75) is 39.2 Å². The van der Waals surface area contributed by atoms with E-state index in [1.807, 2.05) is 49.7 Å². The van der Waals surface area contributed by atoms with Gasteiger partial charge < -0.3 is 9.47 Å². The molecule has 0 saturated carbocycles. The highest BCUT2D eigenvalue weighted by atomic mass is 32.1. The largest absolute Gasteiger partial charge is 0.330 e. The van der Waals surface area contributed by atoms with Crippen LogP contribution >= 0.6 is 11.3 Å². The Labute approximate surface area is 145 Å². The Morgan fingerprint density at radius 1 is 1.25 bits per heavy atom. The van der Waals surface area contributed by atoms with Gasteiger partial charge in [-0.05, 0) is 31.4 Å². The minimum atomic E-state index is -0.418. The number of nitrogens with zero attached hydrogens (tertiary/aromatic N) is 3. The molecule has 0 N–H and O–H groups in total. The predicted molar refractivity (Wildman–Crippen MR) is 95.6 cm³/mol. The fraction of sp³-hybridized carbons (Fsp3) is 0.500. The zero-order chi connectivity index (χ0) is 17.3. The van der Waals surface area contributed by atoms with Crippen molar-refractivity contribution in [1.29, 1.82) is 0 Å². The molecule has 0 radical (unpaired) electrons. The third-order valence-corrected chi connectivity index (χ3v) is 5.60. The van der Waals surface area contributed by atoms with Gasteiger partial charge in [0, 0.05) is 19.5 Å². The first-order valence-electron chi connectivity index (χ1n) is 8.42. The van der Waals surface area contributed by atoms with Crippen molar-refractivity contribution < 1.29 is 9.59 Å². The number of amides is 2. The van der Waals surface area contributed by atoms with E-state index in [2.05, 4.69) is 4.99 Å². The Bertz CT molecular complexity index is 834. The van der Waals surface area contributed by atoms with Crippen LogP contribution < -0.4 is 4.80 Å². The molecule has 2 aromatic rings. The fourth-order valence-corrected chi connectivity index (χ4v) is 4.16. The number of fused-ring (bicyclic) bond motifs is 1. The van der Waals surface area contributed by atoms with Crippen molar-refractivity contribution in [2.24, 2.45) is 18.0 Å². The van der Waals surface area contributed by atoms with Crippen molar-refractivity contribution in [1.82, 2.24) is 9.47 Å². The van der Waals surface area contributed by atoms with E-state index in [1.54, 1.807) is 4.90 Å². The van der Waals surface area contributed by atoms with Crippen LogP contribution in [0, 0.1) is 5.92 Å². The van der Waals surface area contributed by atoms with Gasteiger partial charge >= 0.3 is 0 Å². The van der Waals surface area contributed by atoms with E-state index < -0.39 is 6.04 Å². The van der Waals surface area contributed by atoms with Gasteiger partial charge in [0.15, 0.2) is 4.80 Å². The zero-order valence-electron chi connectivity index (χ0n) is 14.4. The topological polar surface area (TPSA) is 54.7 Å². The molecule has 1 aromatic heterocycles. The molecule has 6 heteroatoms. The van der Waals surface area contributed by atoms with Crippen molar-refractivity contribution in [3.63, 3.8) is 0 Å². The van der Waals surface area contributed by atoms with Crippen molar-refractivity contribution >= 4 is 33.4 Å². The molecule has 2 amide bonds. The summed E-state index contributed by atoms with van der Waals surface area (Å²) in [6.45, 7) is 4.41. The second-order valence-electron chi connectivity index (χ2n) is 6.56. The van der Waals surface area contributed by atoms with Gasteiger partial charge in [0.25, 0.3) is 5.91 Å². The van der Waals surface area contributed by atoms with Crippen LogP contribution in [-0.2, 0) is 16.6 Å². The molecule has 128 valence electrons. The van der Waals surface area contributed by atoms with Crippen LogP contribution in [0.4, 0.5) is 0 Å². The lowest BCUT2D eigenvalue weighted by Gasteiger charge is -2.34. The maximum absolute atomic E-state index is 12.8. The number of hydrogen-bond acceptors (Lipinski definition) is 3. The van der Waals surface area contributed by atoms with Crippen LogP contribution in [0.2, 0.25) is 0 Å². The minimum Gasteiger partial charge on any atom is -0.330 e. The first-order valence-corrected chi connectivity index (χ1v) is 9.24. The lowest BCUT2D eigenvalue weighted by Crippen LogP contribution is -2.49. The van der Waals surface area contributed by atoms with E-state index >= 15 is 0 Å². The first-order chi connectivity index (χ1) is 11.5. The average molecular weight is 345 g/mol. The van der Waals surface area contributed by atoms with Crippen LogP contribution in [0.5, 0.6) is 0 Å².